The summed E-state index contributed by atoms with van der Waals surface area (Å²) >= 11 is 0. The fourth-order valence-electron chi connectivity index (χ4n) is 2.89. The van der Waals surface area contributed by atoms with Crippen LogP contribution in [-0.2, 0) is 10.3 Å². The number of para-hydroxylation sites is 1. The van der Waals surface area contributed by atoms with Gasteiger partial charge in [-0.3, -0.25) is 0 Å². The molecule has 1 saturated carbocycles. The van der Waals surface area contributed by atoms with E-state index in [0.29, 0.717) is 0 Å². The molecule has 3 rings (SSSR count). The molecule has 0 radical (unpaired) electrons. The van der Waals surface area contributed by atoms with Crippen molar-refractivity contribution in [3.05, 3.63) is 42.2 Å². The van der Waals surface area contributed by atoms with Crippen LogP contribution in [0.4, 0.5) is 0 Å². The van der Waals surface area contributed by atoms with Crippen LogP contribution in [0.1, 0.15) is 31.2 Å². The Morgan fingerprint density at radius 3 is 2.74 bits per heavy atom. The van der Waals surface area contributed by atoms with Crippen LogP contribution in [0, 0.1) is 0 Å². The number of benzene rings is 1. The first kappa shape index (κ1) is 11.8. The first-order valence-electron chi connectivity index (χ1n) is 6.41. The molecule has 0 N–H and O–H groups in total. The maximum Gasteiger partial charge on any atom is 0.235 e. The first-order chi connectivity index (χ1) is 9.36. The SMILES string of the molecule is O=C=NC1(c2ccccc2-n2ccnn2)CCCC1. The Bertz CT molecular complexity index is 608. The van der Waals surface area contributed by atoms with Gasteiger partial charge in [0.1, 0.15) is 5.54 Å². The van der Waals surface area contributed by atoms with Gasteiger partial charge < -0.3 is 0 Å². The Morgan fingerprint density at radius 2 is 2.05 bits per heavy atom. The van der Waals surface area contributed by atoms with E-state index >= 15 is 0 Å². The van der Waals surface area contributed by atoms with E-state index < -0.39 is 5.54 Å². The summed E-state index contributed by atoms with van der Waals surface area (Å²) in [5.41, 5.74) is 1.52. The summed E-state index contributed by atoms with van der Waals surface area (Å²) in [6, 6.07) is 7.91. The Balaban J connectivity index is 2.17. The zero-order valence-electron chi connectivity index (χ0n) is 10.5. The third-order valence-corrected chi connectivity index (χ3v) is 3.77. The average molecular weight is 254 g/mol. The van der Waals surface area contributed by atoms with Crippen molar-refractivity contribution in [3.8, 4) is 5.69 Å². The second-order valence-corrected chi connectivity index (χ2v) is 4.81. The molecule has 1 fully saturated rings. The van der Waals surface area contributed by atoms with E-state index in [0.717, 1.165) is 36.9 Å². The van der Waals surface area contributed by atoms with E-state index in [9.17, 15) is 4.79 Å². The van der Waals surface area contributed by atoms with Gasteiger partial charge in [0, 0.05) is 5.56 Å². The van der Waals surface area contributed by atoms with Crippen molar-refractivity contribution in [2.24, 2.45) is 4.99 Å². The Kier molecular flexibility index (Phi) is 2.97. The van der Waals surface area contributed by atoms with Crippen molar-refractivity contribution in [3.63, 3.8) is 0 Å². The molecule has 0 spiro atoms. The highest BCUT2D eigenvalue weighted by Gasteiger charge is 2.37. The minimum absolute atomic E-state index is 0.440. The van der Waals surface area contributed by atoms with Gasteiger partial charge in [0.15, 0.2) is 0 Å². The van der Waals surface area contributed by atoms with Crippen LogP contribution >= 0.6 is 0 Å². The van der Waals surface area contributed by atoms with Crippen LogP contribution in [0.5, 0.6) is 0 Å². The number of nitrogens with zero attached hydrogens (tertiary/aromatic N) is 4. The molecule has 2 aromatic rings. The lowest BCUT2D eigenvalue weighted by atomic mass is 9.87. The molecule has 0 saturated heterocycles. The van der Waals surface area contributed by atoms with Crippen LogP contribution in [-0.4, -0.2) is 21.1 Å². The third-order valence-electron chi connectivity index (χ3n) is 3.77. The molecule has 1 aromatic heterocycles. The number of carbonyl (C=O) groups excluding carboxylic acids is 1. The summed E-state index contributed by atoms with van der Waals surface area (Å²) in [6.45, 7) is 0. The number of aliphatic imine (C=N–C) groups is 1. The summed E-state index contributed by atoms with van der Waals surface area (Å²) in [5, 5.41) is 7.88. The first-order valence-corrected chi connectivity index (χ1v) is 6.41. The summed E-state index contributed by atoms with van der Waals surface area (Å²) in [6.07, 6.45) is 9.12. The maximum absolute atomic E-state index is 10.8. The maximum atomic E-state index is 10.8. The Morgan fingerprint density at radius 1 is 1.26 bits per heavy atom. The third kappa shape index (κ3) is 1.98. The molecule has 1 aromatic carbocycles. The van der Waals surface area contributed by atoms with Gasteiger partial charge in [-0.2, -0.15) is 4.99 Å². The second kappa shape index (κ2) is 4.78. The quantitative estimate of drug-likeness (QED) is 0.624. The molecular formula is C14H14N4O. The summed E-state index contributed by atoms with van der Waals surface area (Å²) in [4.78, 5) is 14.9. The van der Waals surface area contributed by atoms with Gasteiger partial charge in [-0.25, -0.2) is 9.48 Å². The van der Waals surface area contributed by atoms with Gasteiger partial charge in [0.2, 0.25) is 6.08 Å². The van der Waals surface area contributed by atoms with Crippen LogP contribution in [0.25, 0.3) is 5.69 Å². The van der Waals surface area contributed by atoms with Gasteiger partial charge >= 0.3 is 0 Å². The van der Waals surface area contributed by atoms with Gasteiger partial charge in [-0.1, -0.05) is 36.3 Å². The number of aromatic nitrogens is 3. The van der Waals surface area contributed by atoms with E-state index in [1.165, 1.54) is 0 Å². The van der Waals surface area contributed by atoms with E-state index in [1.807, 2.05) is 24.3 Å². The minimum Gasteiger partial charge on any atom is -0.220 e. The molecule has 96 valence electrons. The largest absolute Gasteiger partial charge is 0.235 e. The summed E-state index contributed by atoms with van der Waals surface area (Å²) in [7, 11) is 0. The molecule has 1 aliphatic carbocycles. The van der Waals surface area contributed by atoms with Crippen LogP contribution < -0.4 is 0 Å². The number of hydrogen-bond donors (Lipinski definition) is 0. The van der Waals surface area contributed by atoms with Crippen molar-refractivity contribution in [2.45, 2.75) is 31.2 Å². The molecule has 1 heterocycles. The van der Waals surface area contributed by atoms with E-state index in [4.69, 9.17) is 0 Å². The highest BCUT2D eigenvalue weighted by Crippen LogP contribution is 2.44. The molecule has 0 aliphatic heterocycles. The standard InChI is InChI=1S/C14H14N4O/c19-11-15-14(7-3-4-8-14)12-5-1-2-6-13(12)18-10-9-16-17-18/h1-2,5-6,9-10H,3-4,7-8H2. The van der Waals surface area contributed by atoms with Gasteiger partial charge in [-0.15, -0.1) is 5.10 Å². The van der Waals surface area contributed by atoms with Gasteiger partial charge in [0.05, 0.1) is 18.1 Å². The monoisotopic (exact) mass is 254 g/mol. The van der Waals surface area contributed by atoms with Gasteiger partial charge in [-0.05, 0) is 18.9 Å². The molecule has 0 atom stereocenters. The zero-order valence-corrected chi connectivity index (χ0v) is 10.5. The Labute approximate surface area is 111 Å². The van der Waals surface area contributed by atoms with Crippen LogP contribution in [0.3, 0.4) is 0 Å². The molecule has 0 amide bonds. The minimum atomic E-state index is -0.440. The van der Waals surface area contributed by atoms with Crippen molar-refractivity contribution < 1.29 is 4.79 Å². The fraction of sp³-hybridized carbons (Fsp3) is 0.357. The molecular weight excluding hydrogens is 240 g/mol. The average Bonchev–Trinajstić information content (AvgIpc) is 3.11. The normalized spacial score (nSPS) is 17.1. The fourth-order valence-corrected chi connectivity index (χ4v) is 2.89. The van der Waals surface area contributed by atoms with E-state index in [-0.39, 0.29) is 0 Å². The van der Waals surface area contributed by atoms with Crippen molar-refractivity contribution in [1.29, 1.82) is 0 Å². The number of rotatable bonds is 3. The summed E-state index contributed by atoms with van der Waals surface area (Å²) in [5.74, 6) is 0. The zero-order chi connectivity index (χ0) is 13.1. The van der Waals surface area contributed by atoms with Crippen LogP contribution in [0.15, 0.2) is 41.7 Å². The van der Waals surface area contributed by atoms with Gasteiger partial charge in [0.25, 0.3) is 0 Å². The van der Waals surface area contributed by atoms with E-state index in [2.05, 4.69) is 15.3 Å². The van der Waals surface area contributed by atoms with Crippen molar-refractivity contribution in [2.75, 3.05) is 0 Å². The van der Waals surface area contributed by atoms with Crippen molar-refractivity contribution in [1.82, 2.24) is 15.0 Å². The van der Waals surface area contributed by atoms with Crippen molar-refractivity contribution >= 4 is 6.08 Å². The Hall–Kier alpha value is -2.26. The lowest BCUT2D eigenvalue weighted by molar-refractivity contribution is 0.453. The second-order valence-electron chi connectivity index (χ2n) is 4.81. The lowest BCUT2D eigenvalue weighted by Gasteiger charge is -2.25. The molecule has 5 heteroatoms. The molecule has 19 heavy (non-hydrogen) atoms. The number of hydrogen-bond acceptors (Lipinski definition) is 4. The predicted molar refractivity (Wildman–Crippen MR) is 69.6 cm³/mol. The molecule has 0 unspecified atom stereocenters. The number of isocyanates is 1. The van der Waals surface area contributed by atoms with E-state index in [1.54, 1.807) is 23.2 Å². The lowest BCUT2D eigenvalue weighted by Crippen LogP contribution is -2.21. The highest BCUT2D eigenvalue weighted by atomic mass is 16.1. The molecule has 1 aliphatic rings. The van der Waals surface area contributed by atoms with Crippen LogP contribution in [0.2, 0.25) is 0 Å². The summed E-state index contributed by atoms with van der Waals surface area (Å²) < 4.78 is 1.72. The smallest absolute Gasteiger partial charge is 0.220 e. The molecule has 0 bridgehead atoms. The predicted octanol–water partition coefficient (Wildman–Crippen LogP) is 2.37. The highest BCUT2D eigenvalue weighted by molar-refractivity contribution is 5.48. The molecule has 5 nitrogen and oxygen atoms in total. The topological polar surface area (TPSA) is 60.1 Å².